The zero-order chi connectivity index (χ0) is 16.5. The van der Waals surface area contributed by atoms with Gasteiger partial charge in [-0.25, -0.2) is 13.1 Å². The Kier molecular flexibility index (Phi) is 3.68. The third-order valence-electron chi connectivity index (χ3n) is 3.00. The lowest BCUT2D eigenvalue weighted by Gasteiger charge is -2.08. The average Bonchev–Trinajstić information content (AvgIpc) is 2.80. The van der Waals surface area contributed by atoms with E-state index in [0.717, 1.165) is 10.9 Å². The van der Waals surface area contributed by atoms with Crippen LogP contribution in [0.2, 0.25) is 0 Å². The largest absolute Gasteiger partial charge is 0.361 e. The van der Waals surface area contributed by atoms with Crippen LogP contribution in [0.3, 0.4) is 0 Å². The highest BCUT2D eigenvalue weighted by molar-refractivity contribution is 7.88. The van der Waals surface area contributed by atoms with Gasteiger partial charge in [0.05, 0.1) is 5.75 Å². The maximum Gasteiger partial charge on any atom is 0.215 e. The van der Waals surface area contributed by atoms with Crippen molar-refractivity contribution in [3.8, 4) is 0 Å². The van der Waals surface area contributed by atoms with E-state index in [1.54, 1.807) is 29.3 Å². The van der Waals surface area contributed by atoms with Crippen molar-refractivity contribution in [2.45, 2.75) is 12.1 Å². The van der Waals surface area contributed by atoms with E-state index in [1.165, 1.54) is 7.05 Å². The summed E-state index contributed by atoms with van der Waals surface area (Å²) in [5.74, 6) is -0.124. The standard InChI is InChI=1S/C14H21N3O2S/c1-15-20(18,19)10-11-4-5-14-13(8-11)12(9-16-14)6-7-17(2)3/h4-5,8-9,15-16H,6-7,10H2,1-3H3/i6D2. The number of likely N-dealkylation sites (N-methyl/N-ethyl adjacent to an activating group) is 1. The van der Waals surface area contributed by atoms with Gasteiger partial charge in [-0.1, -0.05) is 6.07 Å². The van der Waals surface area contributed by atoms with E-state index >= 15 is 0 Å². The lowest BCUT2D eigenvalue weighted by molar-refractivity contribution is 0.414. The molecule has 2 N–H and O–H groups in total. The molecule has 0 radical (unpaired) electrons. The third-order valence-corrected chi connectivity index (χ3v) is 4.33. The molecule has 0 saturated carbocycles. The number of fused-ring (bicyclic) bond motifs is 1. The first-order valence-corrected chi connectivity index (χ1v) is 7.96. The Hall–Kier alpha value is -1.37. The van der Waals surface area contributed by atoms with Crippen molar-refractivity contribution in [1.29, 1.82) is 0 Å². The van der Waals surface area contributed by atoms with Crippen molar-refractivity contribution >= 4 is 20.9 Å². The van der Waals surface area contributed by atoms with E-state index in [2.05, 4.69) is 9.71 Å². The van der Waals surface area contributed by atoms with Crippen molar-refractivity contribution in [1.82, 2.24) is 14.6 Å². The SMILES string of the molecule is [2H]C([2H])(CN(C)C)c1c[nH]c2ccc(CS(=O)(=O)NC)cc12. The molecule has 0 saturated heterocycles. The molecule has 1 heterocycles. The number of hydrogen-bond donors (Lipinski definition) is 2. The van der Waals surface area contributed by atoms with Crippen LogP contribution in [0.4, 0.5) is 0 Å². The van der Waals surface area contributed by atoms with E-state index in [9.17, 15) is 8.42 Å². The van der Waals surface area contributed by atoms with Gasteiger partial charge in [-0.15, -0.1) is 0 Å². The summed E-state index contributed by atoms with van der Waals surface area (Å²) in [4.78, 5) is 4.83. The van der Waals surface area contributed by atoms with E-state index in [0.29, 0.717) is 11.1 Å². The van der Waals surface area contributed by atoms with Gasteiger partial charge in [0.1, 0.15) is 0 Å². The summed E-state index contributed by atoms with van der Waals surface area (Å²) in [7, 11) is 1.66. The molecule has 20 heavy (non-hydrogen) atoms. The molecule has 6 heteroatoms. The van der Waals surface area contributed by atoms with Crippen molar-refractivity contribution < 1.29 is 11.2 Å². The van der Waals surface area contributed by atoms with Crippen LogP contribution < -0.4 is 4.72 Å². The van der Waals surface area contributed by atoms with Crippen LogP contribution in [0.1, 0.15) is 13.9 Å². The lowest BCUT2D eigenvalue weighted by Crippen LogP contribution is -2.20. The van der Waals surface area contributed by atoms with Crippen LogP contribution in [0.5, 0.6) is 0 Å². The molecule has 2 aromatic rings. The van der Waals surface area contributed by atoms with E-state index in [1.807, 2.05) is 14.1 Å². The predicted molar refractivity (Wildman–Crippen MR) is 82.2 cm³/mol. The van der Waals surface area contributed by atoms with Crippen LogP contribution in [0, 0.1) is 0 Å². The van der Waals surface area contributed by atoms with Gasteiger partial charge >= 0.3 is 0 Å². The molecule has 0 unspecified atom stereocenters. The molecule has 0 fully saturated rings. The zero-order valence-corrected chi connectivity index (χ0v) is 12.7. The molecule has 0 aliphatic heterocycles. The summed E-state index contributed by atoms with van der Waals surface area (Å²) in [6.45, 7) is 0.249. The molecule has 0 amide bonds. The first kappa shape index (κ1) is 12.4. The summed E-state index contributed by atoms with van der Waals surface area (Å²) in [6.07, 6.45) is 0.132. The Bertz CT molecular complexity index is 769. The Balaban J connectivity index is 2.46. The van der Waals surface area contributed by atoms with Crippen LogP contribution in [-0.4, -0.2) is 46.0 Å². The zero-order valence-electron chi connectivity index (χ0n) is 13.9. The Morgan fingerprint density at radius 1 is 1.40 bits per heavy atom. The predicted octanol–water partition coefficient (Wildman–Crippen LogP) is 1.32. The van der Waals surface area contributed by atoms with Gasteiger partial charge in [0.25, 0.3) is 0 Å². The van der Waals surface area contributed by atoms with Crippen molar-refractivity contribution in [2.75, 3.05) is 27.7 Å². The molecule has 1 aromatic heterocycles. The number of aromatic amines is 1. The van der Waals surface area contributed by atoms with Gasteiger partial charge < -0.3 is 9.88 Å². The highest BCUT2D eigenvalue weighted by Gasteiger charge is 2.11. The van der Waals surface area contributed by atoms with E-state index in [-0.39, 0.29) is 12.3 Å². The summed E-state index contributed by atoms with van der Waals surface area (Å²) < 4.78 is 42.1. The van der Waals surface area contributed by atoms with Gasteiger partial charge in [0.2, 0.25) is 10.0 Å². The Morgan fingerprint density at radius 2 is 2.15 bits per heavy atom. The fourth-order valence-corrected chi connectivity index (χ4v) is 2.70. The van der Waals surface area contributed by atoms with Gasteiger partial charge in [-0.2, -0.15) is 0 Å². The summed E-state index contributed by atoms with van der Waals surface area (Å²) in [5.41, 5.74) is 1.96. The van der Waals surface area contributed by atoms with E-state index in [4.69, 9.17) is 2.74 Å². The first-order valence-electron chi connectivity index (χ1n) is 7.31. The molecule has 2 rings (SSSR count). The minimum atomic E-state index is -3.35. The second-order valence-electron chi connectivity index (χ2n) is 4.96. The molecule has 0 aliphatic carbocycles. The lowest BCUT2D eigenvalue weighted by atomic mass is 10.1. The molecule has 0 atom stereocenters. The second kappa shape index (κ2) is 5.95. The number of nitrogens with one attached hydrogen (secondary N) is 2. The number of aromatic nitrogens is 1. The van der Waals surface area contributed by atoms with Crippen molar-refractivity contribution in [3.05, 3.63) is 35.5 Å². The first-order chi connectivity index (χ1) is 10.1. The van der Waals surface area contributed by atoms with Gasteiger partial charge in [0, 0.05) is 26.4 Å². The smallest absolute Gasteiger partial charge is 0.215 e. The summed E-state index contributed by atoms with van der Waals surface area (Å²) in [6, 6.07) is 5.26. The normalized spacial score (nSPS) is 14.6. The number of rotatable bonds is 6. The van der Waals surface area contributed by atoms with Crippen molar-refractivity contribution in [2.24, 2.45) is 0 Å². The van der Waals surface area contributed by atoms with Crippen LogP contribution >= 0.6 is 0 Å². The third kappa shape index (κ3) is 3.59. The highest BCUT2D eigenvalue weighted by Crippen LogP contribution is 2.21. The van der Waals surface area contributed by atoms with Crippen LogP contribution in [-0.2, 0) is 22.1 Å². The summed E-state index contributed by atoms with van der Waals surface area (Å²) >= 11 is 0. The summed E-state index contributed by atoms with van der Waals surface area (Å²) in [5, 5.41) is 0.718. The maximum absolute atomic E-state index is 11.7. The topological polar surface area (TPSA) is 65.2 Å². The van der Waals surface area contributed by atoms with Gasteiger partial charge in [-0.3, -0.25) is 0 Å². The molecule has 1 aromatic carbocycles. The van der Waals surface area contributed by atoms with Gasteiger partial charge in [-0.05, 0) is 50.8 Å². The quantitative estimate of drug-likeness (QED) is 0.845. The fraction of sp³-hybridized carbons (Fsp3) is 0.429. The highest BCUT2D eigenvalue weighted by atomic mass is 32.2. The molecule has 5 nitrogen and oxygen atoms in total. The number of sulfonamides is 1. The van der Waals surface area contributed by atoms with Crippen LogP contribution in [0.15, 0.2) is 24.4 Å². The maximum atomic E-state index is 11.7. The Labute approximate surface area is 122 Å². The van der Waals surface area contributed by atoms with Crippen molar-refractivity contribution in [3.63, 3.8) is 0 Å². The van der Waals surface area contributed by atoms with E-state index < -0.39 is 16.4 Å². The Morgan fingerprint density at radius 3 is 2.80 bits per heavy atom. The van der Waals surface area contributed by atoms with Crippen LogP contribution in [0.25, 0.3) is 10.9 Å². The minimum absolute atomic E-state index is 0.124. The molecular weight excluding hydrogens is 274 g/mol. The van der Waals surface area contributed by atoms with Gasteiger partial charge in [0.15, 0.2) is 0 Å². The fourth-order valence-electron chi connectivity index (χ4n) is 1.94. The number of hydrogen-bond acceptors (Lipinski definition) is 3. The molecule has 0 aliphatic rings. The minimum Gasteiger partial charge on any atom is -0.361 e. The number of benzene rings is 1. The molecule has 0 bridgehead atoms. The average molecular weight is 297 g/mol. The molecule has 0 spiro atoms. The number of nitrogens with zero attached hydrogens (tertiary/aromatic N) is 1. The monoisotopic (exact) mass is 297 g/mol. The second-order valence-corrected chi connectivity index (χ2v) is 6.89. The molecular formula is C14H21N3O2S. The number of H-pyrrole nitrogens is 1. The molecule has 110 valence electrons.